The fraction of sp³-hybridized carbons (Fsp3) is 0.417. The number of benzene rings is 1. The number of carboxylic acids is 1. The predicted octanol–water partition coefficient (Wildman–Crippen LogP) is 0.789. The number of carboxylic acid groups (broad SMARTS) is 1. The summed E-state index contributed by atoms with van der Waals surface area (Å²) in [7, 11) is 0. The summed E-state index contributed by atoms with van der Waals surface area (Å²) in [6.07, 6.45) is 0.963. The maximum atomic E-state index is 10.9. The molecule has 0 saturated carbocycles. The van der Waals surface area contributed by atoms with Gasteiger partial charge in [0.1, 0.15) is 0 Å². The van der Waals surface area contributed by atoms with Crippen LogP contribution < -0.4 is 11.1 Å². The van der Waals surface area contributed by atoms with Crippen LogP contribution in [0, 0.1) is 0 Å². The van der Waals surface area contributed by atoms with Crippen LogP contribution >= 0.6 is 0 Å². The summed E-state index contributed by atoms with van der Waals surface area (Å²) in [5.74, 6) is -0.620. The molecule has 1 aliphatic heterocycles. The van der Waals surface area contributed by atoms with E-state index in [1.807, 2.05) is 6.07 Å². The normalized spacial score (nSPS) is 25.3. The van der Waals surface area contributed by atoms with E-state index < -0.39 is 5.97 Å². The lowest BCUT2D eigenvalue weighted by molar-refractivity contribution is 0.0696. The van der Waals surface area contributed by atoms with Gasteiger partial charge < -0.3 is 16.2 Å². The molecule has 0 bridgehead atoms. The monoisotopic (exact) mass is 220 g/mol. The Balaban J connectivity index is 2.25. The maximum Gasteiger partial charge on any atom is 0.335 e. The summed E-state index contributed by atoms with van der Waals surface area (Å²) >= 11 is 0. The van der Waals surface area contributed by atoms with E-state index in [2.05, 4.69) is 5.32 Å². The molecule has 0 aromatic heterocycles. The molecule has 2 unspecified atom stereocenters. The molecule has 2 rings (SSSR count). The van der Waals surface area contributed by atoms with Crippen molar-refractivity contribution in [1.82, 2.24) is 5.32 Å². The standard InChI is InChI=1S/C12H16N2O2/c13-11-7-14-5-4-10(11)8-2-1-3-9(6-8)12(15)16/h1-3,6,10-11,14H,4-5,7,13H2,(H,15,16). The van der Waals surface area contributed by atoms with Gasteiger partial charge in [-0.25, -0.2) is 4.79 Å². The fourth-order valence-electron chi connectivity index (χ4n) is 2.20. The number of aromatic carboxylic acids is 1. The van der Waals surface area contributed by atoms with Gasteiger partial charge in [-0.15, -0.1) is 0 Å². The van der Waals surface area contributed by atoms with Crippen molar-refractivity contribution >= 4 is 5.97 Å². The molecule has 1 aliphatic rings. The van der Waals surface area contributed by atoms with Crippen LogP contribution in [0.2, 0.25) is 0 Å². The molecule has 4 heteroatoms. The molecular formula is C12H16N2O2. The van der Waals surface area contributed by atoms with Gasteiger partial charge in [-0.2, -0.15) is 0 Å². The summed E-state index contributed by atoms with van der Waals surface area (Å²) in [5, 5.41) is 12.2. The van der Waals surface area contributed by atoms with Crippen LogP contribution in [-0.2, 0) is 0 Å². The number of piperidine rings is 1. The average molecular weight is 220 g/mol. The number of hydrogen-bond donors (Lipinski definition) is 3. The zero-order chi connectivity index (χ0) is 11.5. The minimum atomic E-state index is -0.885. The maximum absolute atomic E-state index is 10.9. The van der Waals surface area contributed by atoms with Crippen molar-refractivity contribution in [3.05, 3.63) is 35.4 Å². The molecule has 1 aromatic rings. The molecule has 1 heterocycles. The van der Waals surface area contributed by atoms with Crippen LogP contribution in [0.5, 0.6) is 0 Å². The van der Waals surface area contributed by atoms with E-state index in [4.69, 9.17) is 10.8 Å². The molecule has 1 saturated heterocycles. The van der Waals surface area contributed by atoms with Crippen molar-refractivity contribution < 1.29 is 9.90 Å². The number of rotatable bonds is 2. The van der Waals surface area contributed by atoms with Crippen LogP contribution in [0.4, 0.5) is 0 Å². The molecule has 86 valence electrons. The van der Waals surface area contributed by atoms with Gasteiger partial charge in [0.25, 0.3) is 0 Å². The van der Waals surface area contributed by atoms with Crippen molar-refractivity contribution in [2.45, 2.75) is 18.4 Å². The summed E-state index contributed by atoms with van der Waals surface area (Å²) < 4.78 is 0. The van der Waals surface area contributed by atoms with E-state index in [0.29, 0.717) is 5.56 Å². The van der Waals surface area contributed by atoms with Gasteiger partial charge in [0.15, 0.2) is 0 Å². The highest BCUT2D eigenvalue weighted by atomic mass is 16.4. The Labute approximate surface area is 94.5 Å². The third kappa shape index (κ3) is 2.23. The molecule has 16 heavy (non-hydrogen) atoms. The number of nitrogens with two attached hydrogens (primary N) is 1. The molecule has 1 aromatic carbocycles. The van der Waals surface area contributed by atoms with Gasteiger partial charge in [-0.1, -0.05) is 12.1 Å². The highest BCUT2D eigenvalue weighted by Crippen LogP contribution is 2.25. The van der Waals surface area contributed by atoms with Gasteiger partial charge in [0.2, 0.25) is 0 Å². The predicted molar refractivity (Wildman–Crippen MR) is 61.6 cm³/mol. The van der Waals surface area contributed by atoms with E-state index in [0.717, 1.165) is 25.1 Å². The molecular weight excluding hydrogens is 204 g/mol. The first-order valence-corrected chi connectivity index (χ1v) is 5.48. The van der Waals surface area contributed by atoms with Crippen LogP contribution in [0.25, 0.3) is 0 Å². The second kappa shape index (κ2) is 4.63. The van der Waals surface area contributed by atoms with Crippen LogP contribution in [0.3, 0.4) is 0 Å². The Hall–Kier alpha value is -1.39. The van der Waals surface area contributed by atoms with Crippen molar-refractivity contribution in [2.75, 3.05) is 13.1 Å². The summed E-state index contributed by atoms with van der Waals surface area (Å²) in [5.41, 5.74) is 7.40. The Morgan fingerprint density at radius 1 is 1.50 bits per heavy atom. The summed E-state index contributed by atoms with van der Waals surface area (Å²) in [4.78, 5) is 10.9. The van der Waals surface area contributed by atoms with E-state index >= 15 is 0 Å². The Morgan fingerprint density at radius 2 is 2.31 bits per heavy atom. The Kier molecular flexibility index (Phi) is 3.22. The third-order valence-electron chi connectivity index (χ3n) is 3.09. The SMILES string of the molecule is NC1CNCCC1c1cccc(C(=O)O)c1. The minimum Gasteiger partial charge on any atom is -0.478 e. The molecule has 0 aliphatic carbocycles. The average Bonchev–Trinajstić information content (AvgIpc) is 2.30. The molecule has 1 fully saturated rings. The van der Waals surface area contributed by atoms with Gasteiger partial charge in [-0.3, -0.25) is 0 Å². The third-order valence-corrected chi connectivity index (χ3v) is 3.09. The number of nitrogens with one attached hydrogen (secondary N) is 1. The smallest absolute Gasteiger partial charge is 0.335 e. The lowest BCUT2D eigenvalue weighted by Gasteiger charge is -2.29. The second-order valence-corrected chi connectivity index (χ2v) is 4.19. The first kappa shape index (κ1) is 11.1. The van der Waals surface area contributed by atoms with E-state index in [-0.39, 0.29) is 12.0 Å². The first-order valence-electron chi connectivity index (χ1n) is 5.48. The summed E-state index contributed by atoms with van der Waals surface area (Å²) in [6.45, 7) is 1.73. The fourth-order valence-corrected chi connectivity index (χ4v) is 2.20. The lowest BCUT2D eigenvalue weighted by atomic mass is 9.86. The second-order valence-electron chi connectivity index (χ2n) is 4.19. The van der Waals surface area contributed by atoms with E-state index in [1.165, 1.54) is 0 Å². The lowest BCUT2D eigenvalue weighted by Crippen LogP contribution is -2.44. The topological polar surface area (TPSA) is 75.3 Å². The minimum absolute atomic E-state index is 0.0674. The Morgan fingerprint density at radius 3 is 3.00 bits per heavy atom. The summed E-state index contributed by atoms with van der Waals surface area (Å²) in [6, 6.07) is 7.16. The molecule has 0 radical (unpaired) electrons. The highest BCUT2D eigenvalue weighted by molar-refractivity contribution is 5.87. The molecule has 2 atom stereocenters. The van der Waals surface area contributed by atoms with Gasteiger partial charge in [0, 0.05) is 18.5 Å². The van der Waals surface area contributed by atoms with E-state index in [9.17, 15) is 4.79 Å². The van der Waals surface area contributed by atoms with Crippen LogP contribution in [0.1, 0.15) is 28.3 Å². The van der Waals surface area contributed by atoms with Gasteiger partial charge >= 0.3 is 5.97 Å². The molecule has 4 nitrogen and oxygen atoms in total. The molecule has 4 N–H and O–H groups in total. The van der Waals surface area contributed by atoms with Crippen molar-refractivity contribution in [3.8, 4) is 0 Å². The van der Waals surface area contributed by atoms with Crippen molar-refractivity contribution in [2.24, 2.45) is 5.73 Å². The zero-order valence-electron chi connectivity index (χ0n) is 9.02. The highest BCUT2D eigenvalue weighted by Gasteiger charge is 2.23. The van der Waals surface area contributed by atoms with Crippen molar-refractivity contribution in [3.63, 3.8) is 0 Å². The first-order chi connectivity index (χ1) is 7.68. The number of hydrogen-bond acceptors (Lipinski definition) is 3. The van der Waals surface area contributed by atoms with Crippen molar-refractivity contribution in [1.29, 1.82) is 0 Å². The quantitative estimate of drug-likeness (QED) is 0.688. The van der Waals surface area contributed by atoms with Crippen LogP contribution in [0.15, 0.2) is 24.3 Å². The van der Waals surface area contributed by atoms with E-state index in [1.54, 1.807) is 18.2 Å². The van der Waals surface area contributed by atoms with Crippen LogP contribution in [-0.4, -0.2) is 30.2 Å². The zero-order valence-corrected chi connectivity index (χ0v) is 9.02. The Bertz CT molecular complexity index is 392. The van der Waals surface area contributed by atoms with Gasteiger partial charge in [0.05, 0.1) is 5.56 Å². The molecule has 0 spiro atoms. The molecule has 0 amide bonds. The van der Waals surface area contributed by atoms with Gasteiger partial charge in [-0.05, 0) is 30.7 Å². The largest absolute Gasteiger partial charge is 0.478 e. The number of carbonyl (C=O) groups is 1.